The Morgan fingerprint density at radius 2 is 1.92 bits per heavy atom. The molecular weight excluding hydrogens is 709 g/mol. The second-order valence-corrected chi connectivity index (χ2v) is 17.9. The van der Waals surface area contributed by atoms with Crippen LogP contribution in [-0.2, 0) is 22.4 Å². The van der Waals surface area contributed by atoms with Gasteiger partial charge in [0.1, 0.15) is 5.60 Å². The molecule has 292 valence electrons. The van der Waals surface area contributed by atoms with Gasteiger partial charge in [0.05, 0.1) is 18.7 Å². The molecule has 0 saturated heterocycles. The molecule has 1 heterocycles. The molecule has 5 rings (SSSR count). The molecule has 53 heavy (non-hydrogen) atoms. The van der Waals surface area contributed by atoms with Crippen molar-refractivity contribution in [1.82, 2.24) is 10.6 Å². The lowest BCUT2D eigenvalue weighted by molar-refractivity contribution is -0.125. The number of likely N-dealkylation sites (N-methyl/N-ethyl adjacent to an activating group) is 1. The lowest BCUT2D eigenvalue weighted by Gasteiger charge is -2.34. The number of aromatic hydroxyl groups is 2. The van der Waals surface area contributed by atoms with Crippen LogP contribution in [0.2, 0.25) is 0 Å². The average molecular weight is 769 g/mol. The summed E-state index contributed by atoms with van der Waals surface area (Å²) in [5, 5.41) is 32.1. The number of hydrogen-bond acceptors (Lipinski definition) is 10. The van der Waals surface area contributed by atoms with Gasteiger partial charge < -0.3 is 40.4 Å². The highest BCUT2D eigenvalue weighted by Crippen LogP contribution is 2.50. The van der Waals surface area contributed by atoms with E-state index in [1.807, 2.05) is 37.4 Å². The van der Waals surface area contributed by atoms with Gasteiger partial charge >= 0.3 is 0 Å². The van der Waals surface area contributed by atoms with E-state index < -0.39 is 11.0 Å². The highest BCUT2D eigenvalue weighted by Gasteiger charge is 2.47. The smallest absolute Gasteiger partial charge is 0.196 e. The number of aliphatic imine (C=N–C) groups is 1. The number of fused-ring (bicyclic) bond motifs is 3. The zero-order chi connectivity index (χ0) is 38.0. The molecule has 2 fully saturated rings. The van der Waals surface area contributed by atoms with Gasteiger partial charge in [-0.05, 0) is 124 Å². The van der Waals surface area contributed by atoms with Crippen molar-refractivity contribution in [2.75, 3.05) is 58.4 Å². The van der Waals surface area contributed by atoms with E-state index >= 15 is 0 Å². The summed E-state index contributed by atoms with van der Waals surface area (Å²) in [5.74, 6) is 4.16. The van der Waals surface area contributed by atoms with Gasteiger partial charge in [-0.1, -0.05) is 54.0 Å². The monoisotopic (exact) mass is 768 g/mol. The van der Waals surface area contributed by atoms with Gasteiger partial charge in [0.15, 0.2) is 34.7 Å². The van der Waals surface area contributed by atoms with E-state index in [0.29, 0.717) is 54.3 Å². The summed E-state index contributed by atoms with van der Waals surface area (Å²) in [6.45, 7) is 5.77. The van der Waals surface area contributed by atoms with Crippen molar-refractivity contribution in [2.24, 2.45) is 34.1 Å². The zero-order valence-corrected chi connectivity index (χ0v) is 34.0. The van der Waals surface area contributed by atoms with Crippen LogP contribution in [0.5, 0.6) is 23.0 Å². The summed E-state index contributed by atoms with van der Waals surface area (Å²) < 4.78 is 17.7. The molecule has 0 amide bonds. The first-order chi connectivity index (χ1) is 25.5. The number of rotatable bonds is 11. The first kappa shape index (κ1) is 41.1. The molecule has 2 aromatic rings. The SMILES string of the molecule is CN=C1NCSSC[C@@H]2CCC[C@]2(Cc2ccc(O)c(OC)c2)C(=O)/C=C/[C@H](C(C)C)Cc2cc(c(O)c(O[C@]3(CNC)CC[C@@H](CCOC)C3)c2)N1. The minimum atomic E-state index is -0.552. The van der Waals surface area contributed by atoms with Crippen LogP contribution in [0, 0.1) is 29.1 Å². The highest BCUT2D eigenvalue weighted by molar-refractivity contribution is 8.76. The second kappa shape index (κ2) is 19.0. The maximum absolute atomic E-state index is 14.6. The lowest BCUT2D eigenvalue weighted by atomic mass is 9.70. The third-order valence-corrected chi connectivity index (χ3v) is 13.8. The summed E-state index contributed by atoms with van der Waals surface area (Å²) in [4.78, 5) is 19.1. The van der Waals surface area contributed by atoms with E-state index in [1.54, 1.807) is 48.9 Å². The number of phenolic OH excluding ortho intramolecular Hbond substituents is 2. The summed E-state index contributed by atoms with van der Waals surface area (Å²) in [6, 6.07) is 9.41. The van der Waals surface area contributed by atoms with Gasteiger partial charge in [-0.3, -0.25) is 9.79 Å². The number of guanidine groups is 1. The van der Waals surface area contributed by atoms with Gasteiger partial charge in [-0.2, -0.15) is 0 Å². The van der Waals surface area contributed by atoms with Crippen molar-refractivity contribution >= 4 is 39.0 Å². The van der Waals surface area contributed by atoms with E-state index in [-0.39, 0.29) is 35.0 Å². The van der Waals surface area contributed by atoms with Crippen LogP contribution in [0.15, 0.2) is 47.5 Å². The molecule has 3 aliphatic rings. The molecule has 2 saturated carbocycles. The predicted molar refractivity (Wildman–Crippen MR) is 219 cm³/mol. The maximum atomic E-state index is 14.6. The normalized spacial score (nSPS) is 28.2. The van der Waals surface area contributed by atoms with Crippen molar-refractivity contribution in [2.45, 2.75) is 77.2 Å². The molecule has 2 aromatic carbocycles. The molecule has 10 nitrogen and oxygen atoms in total. The number of ether oxygens (including phenoxy) is 3. The maximum Gasteiger partial charge on any atom is 0.196 e. The minimum Gasteiger partial charge on any atom is -0.504 e. The number of hydrogen-bond donors (Lipinski definition) is 5. The fourth-order valence-electron chi connectivity index (χ4n) is 8.51. The average Bonchev–Trinajstić information content (AvgIpc) is 3.74. The van der Waals surface area contributed by atoms with Crippen LogP contribution in [0.3, 0.4) is 0 Å². The Balaban J connectivity index is 1.51. The summed E-state index contributed by atoms with van der Waals surface area (Å²) >= 11 is 0. The number of ketones is 1. The molecule has 5 atom stereocenters. The summed E-state index contributed by atoms with van der Waals surface area (Å²) in [5.41, 5.74) is 1.51. The van der Waals surface area contributed by atoms with Crippen molar-refractivity contribution in [3.8, 4) is 23.0 Å². The quantitative estimate of drug-likeness (QED) is 0.114. The Morgan fingerprint density at radius 1 is 1.09 bits per heavy atom. The molecular formula is C41H60N4O6S2. The summed E-state index contributed by atoms with van der Waals surface area (Å²) in [7, 11) is 10.4. The number of allylic oxidation sites excluding steroid dienone is 2. The van der Waals surface area contributed by atoms with Gasteiger partial charge in [0.25, 0.3) is 0 Å². The number of nitrogens with one attached hydrogen (secondary N) is 3. The van der Waals surface area contributed by atoms with Crippen LogP contribution in [-0.4, -0.2) is 80.7 Å². The van der Waals surface area contributed by atoms with Crippen molar-refractivity contribution in [1.29, 1.82) is 0 Å². The standard InChI is InChI=1S/C41H60N4O6S2/c1-27(2)31-10-12-37(47)41(23-29-9-11-34(46)35(20-29)50-6)15-7-8-32(41)24-52-53-26-44-39(43-4)45-33-19-30(18-31)21-36(38(33)48)51-40(25-42-3)16-13-28(22-40)14-17-49-5/h9-12,19-21,27-28,31-32,42,46,48H,7-8,13-18,22-26H2,1-6H3,(H2,43,44,45)/b12-10+/t28-,31-,32-,40+,41+/m0/s1. The molecule has 0 aromatic heterocycles. The number of carbonyl (C=O) groups excluding carboxylic acids is 1. The Hall–Kier alpha value is -3.06. The fourth-order valence-corrected chi connectivity index (χ4v) is 10.7. The van der Waals surface area contributed by atoms with Crippen LogP contribution in [0.25, 0.3) is 0 Å². The van der Waals surface area contributed by atoms with Crippen molar-refractivity contribution < 1.29 is 29.2 Å². The number of benzene rings is 2. The van der Waals surface area contributed by atoms with E-state index in [9.17, 15) is 15.0 Å². The number of anilines is 1. The molecule has 2 bridgehead atoms. The lowest BCUT2D eigenvalue weighted by Crippen LogP contribution is -2.42. The molecule has 0 spiro atoms. The van der Waals surface area contributed by atoms with E-state index in [4.69, 9.17) is 14.2 Å². The van der Waals surface area contributed by atoms with Crippen LogP contribution < -0.4 is 25.4 Å². The second-order valence-electron chi connectivity index (χ2n) is 15.4. The predicted octanol–water partition coefficient (Wildman–Crippen LogP) is 7.59. The Labute approximate surface area is 324 Å². The Kier molecular flexibility index (Phi) is 14.7. The molecule has 0 radical (unpaired) electrons. The molecule has 1 aliphatic heterocycles. The van der Waals surface area contributed by atoms with Crippen LogP contribution in [0.1, 0.15) is 69.9 Å². The van der Waals surface area contributed by atoms with E-state index in [1.165, 1.54) is 0 Å². The van der Waals surface area contributed by atoms with Gasteiger partial charge in [0.2, 0.25) is 0 Å². The van der Waals surface area contributed by atoms with Gasteiger partial charge in [-0.15, -0.1) is 0 Å². The van der Waals surface area contributed by atoms with Gasteiger partial charge in [0, 0.05) is 38.5 Å². The number of phenols is 2. The van der Waals surface area contributed by atoms with Gasteiger partial charge in [-0.25, -0.2) is 0 Å². The molecule has 5 N–H and O–H groups in total. The number of carbonyl (C=O) groups is 1. The zero-order valence-electron chi connectivity index (χ0n) is 32.3. The number of methoxy groups -OCH3 is 2. The highest BCUT2D eigenvalue weighted by atomic mass is 33.1. The van der Waals surface area contributed by atoms with E-state index in [2.05, 4.69) is 40.9 Å². The first-order valence-electron chi connectivity index (χ1n) is 19.0. The largest absolute Gasteiger partial charge is 0.504 e. The molecule has 12 heteroatoms. The third-order valence-electron chi connectivity index (χ3n) is 11.5. The molecule has 0 unspecified atom stereocenters. The third kappa shape index (κ3) is 10.2. The molecule has 2 aliphatic carbocycles. The Bertz CT molecular complexity index is 1600. The topological polar surface area (TPSA) is 134 Å². The van der Waals surface area contributed by atoms with E-state index in [0.717, 1.165) is 68.4 Å². The van der Waals surface area contributed by atoms with Crippen LogP contribution >= 0.6 is 21.6 Å². The Morgan fingerprint density at radius 3 is 2.66 bits per heavy atom. The van der Waals surface area contributed by atoms with Crippen molar-refractivity contribution in [3.05, 3.63) is 53.6 Å². The van der Waals surface area contributed by atoms with Crippen LogP contribution in [0.4, 0.5) is 5.69 Å². The number of nitrogens with zero attached hydrogens (tertiary/aromatic N) is 1. The minimum absolute atomic E-state index is 0.0555. The fraction of sp³-hybridized carbons (Fsp3) is 0.610. The first-order valence-corrected chi connectivity index (χ1v) is 21.5. The van der Waals surface area contributed by atoms with Crippen molar-refractivity contribution in [3.63, 3.8) is 0 Å². The summed E-state index contributed by atoms with van der Waals surface area (Å²) in [6.07, 6.45) is 11.8.